The summed E-state index contributed by atoms with van der Waals surface area (Å²) in [7, 11) is -3.08. The van der Waals surface area contributed by atoms with Crippen LogP contribution in [-0.2, 0) is 16.4 Å². The van der Waals surface area contributed by atoms with E-state index in [1.54, 1.807) is 19.1 Å². The number of benzene rings is 1. The van der Waals surface area contributed by atoms with E-state index in [0.29, 0.717) is 18.0 Å². The van der Waals surface area contributed by atoms with Gasteiger partial charge in [-0.05, 0) is 17.7 Å². The number of hydrogen-bond acceptors (Lipinski definition) is 4. The minimum atomic E-state index is -3.08. The first-order chi connectivity index (χ1) is 7.60. The van der Waals surface area contributed by atoms with Gasteiger partial charge in [0, 0.05) is 19.6 Å². The maximum absolute atomic E-state index is 11.5. The van der Waals surface area contributed by atoms with E-state index in [1.165, 1.54) is 0 Å². The zero-order valence-corrected chi connectivity index (χ0v) is 10.3. The SMILES string of the molecule is CCS(=O)(=O)c1ccc(CNCCN)cc1. The van der Waals surface area contributed by atoms with Crippen LogP contribution in [0.1, 0.15) is 12.5 Å². The monoisotopic (exact) mass is 242 g/mol. The predicted octanol–water partition coefficient (Wildman–Crippen LogP) is 0.529. The fraction of sp³-hybridized carbons (Fsp3) is 0.455. The third-order valence-corrected chi connectivity index (χ3v) is 4.06. The summed E-state index contributed by atoms with van der Waals surface area (Å²) in [5.74, 6) is 0.137. The van der Waals surface area contributed by atoms with Gasteiger partial charge in [-0.15, -0.1) is 0 Å². The van der Waals surface area contributed by atoms with E-state index in [2.05, 4.69) is 5.32 Å². The number of sulfone groups is 1. The number of rotatable bonds is 6. The van der Waals surface area contributed by atoms with Gasteiger partial charge in [-0.3, -0.25) is 0 Å². The van der Waals surface area contributed by atoms with E-state index >= 15 is 0 Å². The van der Waals surface area contributed by atoms with Crippen molar-refractivity contribution in [2.75, 3.05) is 18.8 Å². The molecule has 0 atom stereocenters. The summed E-state index contributed by atoms with van der Waals surface area (Å²) in [6.07, 6.45) is 0. The Balaban J connectivity index is 2.68. The molecule has 0 radical (unpaired) electrons. The first-order valence-electron chi connectivity index (χ1n) is 5.32. The molecule has 0 fully saturated rings. The van der Waals surface area contributed by atoms with Crippen molar-refractivity contribution in [1.82, 2.24) is 5.32 Å². The van der Waals surface area contributed by atoms with Crippen molar-refractivity contribution in [2.45, 2.75) is 18.4 Å². The number of nitrogens with two attached hydrogens (primary N) is 1. The lowest BCUT2D eigenvalue weighted by atomic mass is 10.2. The van der Waals surface area contributed by atoms with Crippen LogP contribution in [-0.4, -0.2) is 27.3 Å². The molecule has 4 nitrogen and oxygen atoms in total. The first kappa shape index (κ1) is 13.2. The molecule has 0 aromatic heterocycles. The Morgan fingerprint density at radius 3 is 2.38 bits per heavy atom. The van der Waals surface area contributed by atoms with Gasteiger partial charge in [0.25, 0.3) is 0 Å². The van der Waals surface area contributed by atoms with Crippen LogP contribution in [0.15, 0.2) is 29.2 Å². The normalized spacial score (nSPS) is 11.6. The smallest absolute Gasteiger partial charge is 0.178 e. The van der Waals surface area contributed by atoms with Crippen LogP contribution in [0.2, 0.25) is 0 Å². The topological polar surface area (TPSA) is 72.2 Å². The van der Waals surface area contributed by atoms with Gasteiger partial charge in [-0.1, -0.05) is 19.1 Å². The Labute approximate surface area is 96.8 Å². The molecule has 1 rings (SSSR count). The second kappa shape index (κ2) is 5.98. The summed E-state index contributed by atoms with van der Waals surface area (Å²) in [5.41, 5.74) is 6.41. The largest absolute Gasteiger partial charge is 0.329 e. The molecule has 0 aliphatic carbocycles. The summed E-state index contributed by atoms with van der Waals surface area (Å²) in [6.45, 7) is 3.72. The number of nitrogens with one attached hydrogen (secondary N) is 1. The van der Waals surface area contributed by atoms with Gasteiger partial charge >= 0.3 is 0 Å². The van der Waals surface area contributed by atoms with Crippen LogP contribution in [0.5, 0.6) is 0 Å². The summed E-state index contributed by atoms with van der Waals surface area (Å²) in [6, 6.07) is 6.95. The molecule has 90 valence electrons. The molecule has 0 heterocycles. The van der Waals surface area contributed by atoms with Gasteiger partial charge in [-0.2, -0.15) is 0 Å². The first-order valence-corrected chi connectivity index (χ1v) is 6.98. The third kappa shape index (κ3) is 3.59. The van der Waals surface area contributed by atoms with Crippen molar-refractivity contribution in [3.05, 3.63) is 29.8 Å². The second-order valence-electron chi connectivity index (χ2n) is 3.51. The molecule has 3 N–H and O–H groups in total. The molecule has 16 heavy (non-hydrogen) atoms. The van der Waals surface area contributed by atoms with E-state index < -0.39 is 9.84 Å². The lowest BCUT2D eigenvalue weighted by Gasteiger charge is -2.05. The van der Waals surface area contributed by atoms with Gasteiger partial charge in [0.05, 0.1) is 10.6 Å². The maximum atomic E-state index is 11.5. The highest BCUT2D eigenvalue weighted by molar-refractivity contribution is 7.91. The minimum Gasteiger partial charge on any atom is -0.329 e. The Kier molecular flexibility index (Phi) is 4.92. The van der Waals surface area contributed by atoms with Crippen LogP contribution in [0, 0.1) is 0 Å². The average Bonchev–Trinajstić information content (AvgIpc) is 2.30. The summed E-state index contributed by atoms with van der Waals surface area (Å²) in [5, 5.41) is 3.15. The zero-order valence-electron chi connectivity index (χ0n) is 9.44. The molecule has 0 aliphatic heterocycles. The Morgan fingerprint density at radius 2 is 1.88 bits per heavy atom. The van der Waals surface area contributed by atoms with Crippen LogP contribution >= 0.6 is 0 Å². The van der Waals surface area contributed by atoms with E-state index in [0.717, 1.165) is 12.1 Å². The molecular formula is C11H18N2O2S. The fourth-order valence-corrected chi connectivity index (χ4v) is 2.20. The molecule has 1 aromatic rings. The van der Waals surface area contributed by atoms with Crippen LogP contribution in [0.4, 0.5) is 0 Å². The Hall–Kier alpha value is -0.910. The quantitative estimate of drug-likeness (QED) is 0.714. The zero-order chi connectivity index (χ0) is 12.0. The molecule has 0 saturated carbocycles. The molecule has 0 aliphatic rings. The highest BCUT2D eigenvalue weighted by Crippen LogP contribution is 2.12. The summed E-state index contributed by atoms with van der Waals surface area (Å²) >= 11 is 0. The van der Waals surface area contributed by atoms with Crippen LogP contribution in [0.3, 0.4) is 0 Å². The predicted molar refractivity (Wildman–Crippen MR) is 64.9 cm³/mol. The van der Waals surface area contributed by atoms with E-state index in [1.807, 2.05) is 12.1 Å². The number of hydrogen-bond donors (Lipinski definition) is 2. The molecule has 0 bridgehead atoms. The van der Waals surface area contributed by atoms with Crippen molar-refractivity contribution in [1.29, 1.82) is 0 Å². The average molecular weight is 242 g/mol. The Bertz CT molecular complexity index is 412. The lowest BCUT2D eigenvalue weighted by Crippen LogP contribution is -2.21. The molecule has 1 aromatic carbocycles. The highest BCUT2D eigenvalue weighted by atomic mass is 32.2. The highest BCUT2D eigenvalue weighted by Gasteiger charge is 2.10. The van der Waals surface area contributed by atoms with Crippen molar-refractivity contribution in [2.24, 2.45) is 5.73 Å². The molecule has 5 heteroatoms. The molecule has 0 saturated heterocycles. The molecule has 0 spiro atoms. The lowest BCUT2D eigenvalue weighted by molar-refractivity contribution is 0.597. The second-order valence-corrected chi connectivity index (χ2v) is 5.79. The van der Waals surface area contributed by atoms with E-state index in [9.17, 15) is 8.42 Å². The Morgan fingerprint density at radius 1 is 1.25 bits per heavy atom. The third-order valence-electron chi connectivity index (χ3n) is 2.31. The summed E-state index contributed by atoms with van der Waals surface area (Å²) in [4.78, 5) is 0.387. The standard InChI is InChI=1S/C11H18N2O2S/c1-2-16(14,15)11-5-3-10(4-6-11)9-13-8-7-12/h3-6,13H,2,7-9,12H2,1H3. The molecule has 0 amide bonds. The van der Waals surface area contributed by atoms with E-state index in [4.69, 9.17) is 5.73 Å². The summed E-state index contributed by atoms with van der Waals surface area (Å²) < 4.78 is 23.1. The van der Waals surface area contributed by atoms with Gasteiger partial charge in [0.1, 0.15) is 0 Å². The van der Waals surface area contributed by atoms with Crippen LogP contribution < -0.4 is 11.1 Å². The fourth-order valence-electron chi connectivity index (χ4n) is 1.32. The van der Waals surface area contributed by atoms with Crippen molar-refractivity contribution >= 4 is 9.84 Å². The minimum absolute atomic E-state index is 0.137. The van der Waals surface area contributed by atoms with Gasteiger partial charge < -0.3 is 11.1 Å². The van der Waals surface area contributed by atoms with Gasteiger partial charge in [-0.25, -0.2) is 8.42 Å². The van der Waals surface area contributed by atoms with Crippen LogP contribution in [0.25, 0.3) is 0 Å². The van der Waals surface area contributed by atoms with Crippen molar-refractivity contribution in [3.8, 4) is 0 Å². The molecule has 0 unspecified atom stereocenters. The van der Waals surface area contributed by atoms with Gasteiger partial charge in [0.15, 0.2) is 9.84 Å². The van der Waals surface area contributed by atoms with Crippen molar-refractivity contribution < 1.29 is 8.42 Å². The van der Waals surface area contributed by atoms with Gasteiger partial charge in [0.2, 0.25) is 0 Å². The van der Waals surface area contributed by atoms with E-state index in [-0.39, 0.29) is 5.75 Å². The maximum Gasteiger partial charge on any atom is 0.178 e. The molecular weight excluding hydrogens is 224 g/mol. The van der Waals surface area contributed by atoms with Crippen molar-refractivity contribution in [3.63, 3.8) is 0 Å².